The molecule has 2 rings (SSSR count). The van der Waals surface area contributed by atoms with Crippen LogP contribution >= 0.6 is 11.6 Å². The van der Waals surface area contributed by atoms with Crippen molar-refractivity contribution in [2.24, 2.45) is 5.92 Å². The molecule has 0 aliphatic heterocycles. The van der Waals surface area contributed by atoms with Gasteiger partial charge in [-0.1, -0.05) is 13.8 Å². The first-order valence-corrected chi connectivity index (χ1v) is 6.39. The van der Waals surface area contributed by atoms with Crippen LogP contribution in [0.2, 0.25) is 0 Å². The third-order valence-electron chi connectivity index (χ3n) is 2.65. The Morgan fingerprint density at radius 1 is 1.35 bits per heavy atom. The molecule has 0 spiro atoms. The normalized spacial score (nSPS) is 13.5. The quantitative estimate of drug-likeness (QED) is 0.779. The molecule has 0 saturated carbocycles. The number of hydrogen-bond donors (Lipinski definition) is 0. The fraction of sp³-hybridized carbons (Fsp3) is 0.538. The standard InChI is InChI=1S/C13H18ClN3/c1-8(2)7-17-12(10(4)14)16-11-5-9(3)6-15-13(11)17/h5-6,8,10H,7H2,1-4H3. The largest absolute Gasteiger partial charge is 0.311 e. The molecule has 1 atom stereocenters. The summed E-state index contributed by atoms with van der Waals surface area (Å²) in [5, 5.41) is -0.0942. The Morgan fingerprint density at radius 2 is 2.06 bits per heavy atom. The summed E-state index contributed by atoms with van der Waals surface area (Å²) < 4.78 is 2.14. The number of nitrogens with zero attached hydrogens (tertiary/aromatic N) is 3. The van der Waals surface area contributed by atoms with Crippen molar-refractivity contribution in [2.45, 2.75) is 39.6 Å². The van der Waals surface area contributed by atoms with Crippen LogP contribution in [0.5, 0.6) is 0 Å². The maximum absolute atomic E-state index is 6.19. The zero-order chi connectivity index (χ0) is 12.6. The molecular formula is C13H18ClN3. The van der Waals surface area contributed by atoms with Crippen LogP contribution < -0.4 is 0 Å². The number of aryl methyl sites for hydroxylation is 1. The van der Waals surface area contributed by atoms with Gasteiger partial charge in [-0.3, -0.25) is 0 Å². The summed E-state index contributed by atoms with van der Waals surface area (Å²) in [7, 11) is 0. The lowest BCUT2D eigenvalue weighted by Crippen LogP contribution is -2.09. The summed E-state index contributed by atoms with van der Waals surface area (Å²) in [4.78, 5) is 9.07. The van der Waals surface area contributed by atoms with E-state index in [4.69, 9.17) is 11.6 Å². The second-order valence-corrected chi connectivity index (χ2v) is 5.60. The number of imidazole rings is 1. The number of aromatic nitrogens is 3. The van der Waals surface area contributed by atoms with Crippen molar-refractivity contribution in [3.63, 3.8) is 0 Å². The molecule has 0 N–H and O–H groups in total. The molecule has 2 heterocycles. The maximum atomic E-state index is 6.19. The first-order valence-electron chi connectivity index (χ1n) is 5.96. The van der Waals surface area contributed by atoms with Crippen molar-refractivity contribution in [3.8, 4) is 0 Å². The minimum atomic E-state index is -0.0942. The molecule has 2 aromatic rings. The van der Waals surface area contributed by atoms with E-state index < -0.39 is 0 Å². The van der Waals surface area contributed by atoms with Gasteiger partial charge in [-0.15, -0.1) is 11.6 Å². The van der Waals surface area contributed by atoms with Gasteiger partial charge >= 0.3 is 0 Å². The molecule has 0 aliphatic rings. The van der Waals surface area contributed by atoms with Crippen LogP contribution in [-0.2, 0) is 6.54 Å². The minimum absolute atomic E-state index is 0.0942. The van der Waals surface area contributed by atoms with Crippen LogP contribution in [0, 0.1) is 12.8 Å². The molecule has 3 nitrogen and oxygen atoms in total. The van der Waals surface area contributed by atoms with Gasteiger partial charge in [-0.05, 0) is 31.4 Å². The summed E-state index contributed by atoms with van der Waals surface area (Å²) in [6, 6.07) is 2.06. The van der Waals surface area contributed by atoms with Gasteiger partial charge in [-0.2, -0.15) is 0 Å². The zero-order valence-electron chi connectivity index (χ0n) is 10.7. The Balaban J connectivity index is 2.62. The Bertz CT molecular complexity index is 529. The van der Waals surface area contributed by atoms with E-state index in [2.05, 4.69) is 34.4 Å². The van der Waals surface area contributed by atoms with Crippen molar-refractivity contribution in [1.82, 2.24) is 14.5 Å². The molecule has 0 aliphatic carbocycles. The van der Waals surface area contributed by atoms with Gasteiger partial charge in [0.15, 0.2) is 5.65 Å². The molecule has 1 unspecified atom stereocenters. The second kappa shape index (κ2) is 4.65. The maximum Gasteiger partial charge on any atom is 0.160 e. The van der Waals surface area contributed by atoms with Crippen molar-refractivity contribution in [1.29, 1.82) is 0 Å². The van der Waals surface area contributed by atoms with E-state index >= 15 is 0 Å². The molecule has 0 radical (unpaired) electrons. The predicted octanol–water partition coefficient (Wildman–Crippen LogP) is 3.70. The van der Waals surface area contributed by atoms with Crippen molar-refractivity contribution in [3.05, 3.63) is 23.7 Å². The van der Waals surface area contributed by atoms with E-state index in [-0.39, 0.29) is 5.38 Å². The first-order chi connectivity index (χ1) is 7.99. The second-order valence-electron chi connectivity index (χ2n) is 4.95. The van der Waals surface area contributed by atoms with E-state index in [0.717, 1.165) is 29.1 Å². The predicted molar refractivity (Wildman–Crippen MR) is 71.4 cm³/mol. The molecule has 0 fully saturated rings. The summed E-state index contributed by atoms with van der Waals surface area (Å²) >= 11 is 6.19. The summed E-state index contributed by atoms with van der Waals surface area (Å²) in [5.41, 5.74) is 3.00. The third kappa shape index (κ3) is 2.44. The Morgan fingerprint density at radius 3 is 2.65 bits per heavy atom. The van der Waals surface area contributed by atoms with E-state index in [1.54, 1.807) is 0 Å². The van der Waals surface area contributed by atoms with E-state index in [9.17, 15) is 0 Å². The Labute approximate surface area is 107 Å². The minimum Gasteiger partial charge on any atom is -0.311 e. The van der Waals surface area contributed by atoms with Gasteiger partial charge in [-0.25, -0.2) is 9.97 Å². The summed E-state index contributed by atoms with van der Waals surface area (Å²) in [6.45, 7) is 9.24. The summed E-state index contributed by atoms with van der Waals surface area (Å²) in [6.07, 6.45) is 1.88. The Hall–Kier alpha value is -1.09. The van der Waals surface area contributed by atoms with Crippen molar-refractivity contribution >= 4 is 22.8 Å². The third-order valence-corrected chi connectivity index (χ3v) is 2.85. The highest BCUT2D eigenvalue weighted by Crippen LogP contribution is 2.24. The molecule has 0 bridgehead atoms. The molecular weight excluding hydrogens is 234 g/mol. The topological polar surface area (TPSA) is 30.7 Å². The van der Waals surface area contributed by atoms with Crippen molar-refractivity contribution in [2.75, 3.05) is 0 Å². The highest BCUT2D eigenvalue weighted by Gasteiger charge is 2.16. The number of halogens is 1. The van der Waals surface area contributed by atoms with Gasteiger partial charge in [0.1, 0.15) is 11.3 Å². The number of hydrogen-bond acceptors (Lipinski definition) is 2. The Kier molecular flexibility index (Phi) is 3.38. The molecule has 2 aromatic heterocycles. The first kappa shape index (κ1) is 12.4. The number of rotatable bonds is 3. The fourth-order valence-electron chi connectivity index (χ4n) is 1.98. The average Bonchev–Trinajstić information content (AvgIpc) is 2.55. The van der Waals surface area contributed by atoms with Crippen LogP contribution in [0.1, 0.15) is 37.5 Å². The van der Waals surface area contributed by atoms with E-state index in [1.807, 2.05) is 20.0 Å². The lowest BCUT2D eigenvalue weighted by molar-refractivity contribution is 0.514. The average molecular weight is 252 g/mol. The smallest absolute Gasteiger partial charge is 0.160 e. The van der Waals surface area contributed by atoms with Gasteiger partial charge in [0.05, 0.1) is 5.38 Å². The number of alkyl halides is 1. The molecule has 0 aromatic carbocycles. The molecule has 17 heavy (non-hydrogen) atoms. The van der Waals surface area contributed by atoms with E-state index in [0.29, 0.717) is 5.92 Å². The zero-order valence-corrected chi connectivity index (χ0v) is 11.5. The van der Waals surface area contributed by atoms with Crippen LogP contribution in [-0.4, -0.2) is 14.5 Å². The fourth-order valence-corrected chi connectivity index (χ4v) is 2.14. The van der Waals surface area contributed by atoms with Gasteiger partial charge in [0, 0.05) is 12.7 Å². The number of pyridine rings is 1. The highest BCUT2D eigenvalue weighted by atomic mass is 35.5. The monoisotopic (exact) mass is 251 g/mol. The number of fused-ring (bicyclic) bond motifs is 1. The summed E-state index contributed by atoms with van der Waals surface area (Å²) in [5.74, 6) is 1.46. The SMILES string of the molecule is Cc1cnc2c(c1)nc(C(C)Cl)n2CC(C)C. The molecule has 4 heteroatoms. The lowest BCUT2D eigenvalue weighted by atomic mass is 10.2. The van der Waals surface area contributed by atoms with Gasteiger partial charge in [0.25, 0.3) is 0 Å². The van der Waals surface area contributed by atoms with Crippen LogP contribution in [0.25, 0.3) is 11.2 Å². The van der Waals surface area contributed by atoms with Crippen LogP contribution in [0.4, 0.5) is 0 Å². The van der Waals surface area contributed by atoms with Crippen molar-refractivity contribution < 1.29 is 0 Å². The molecule has 0 saturated heterocycles. The molecule has 0 amide bonds. The van der Waals surface area contributed by atoms with Crippen LogP contribution in [0.3, 0.4) is 0 Å². The van der Waals surface area contributed by atoms with Gasteiger partial charge in [0.2, 0.25) is 0 Å². The molecule has 92 valence electrons. The lowest BCUT2D eigenvalue weighted by Gasteiger charge is -2.11. The highest BCUT2D eigenvalue weighted by molar-refractivity contribution is 6.20. The van der Waals surface area contributed by atoms with E-state index in [1.165, 1.54) is 0 Å². The van der Waals surface area contributed by atoms with Crippen LogP contribution in [0.15, 0.2) is 12.3 Å². The van der Waals surface area contributed by atoms with Gasteiger partial charge < -0.3 is 4.57 Å².